The van der Waals surface area contributed by atoms with Crippen molar-refractivity contribution in [2.24, 2.45) is 0 Å². The summed E-state index contributed by atoms with van der Waals surface area (Å²) in [5.41, 5.74) is 1.48. The lowest BCUT2D eigenvalue weighted by molar-refractivity contribution is 0.0508. The third-order valence-electron chi connectivity index (χ3n) is 3.87. The van der Waals surface area contributed by atoms with Crippen LogP contribution in [0.2, 0.25) is 5.02 Å². The highest BCUT2D eigenvalue weighted by atomic mass is 35.5. The fourth-order valence-corrected chi connectivity index (χ4v) is 2.41. The first-order valence-corrected chi connectivity index (χ1v) is 9.36. The molecule has 7 nitrogen and oxygen atoms in total. The highest BCUT2D eigenvalue weighted by Crippen LogP contribution is 2.11. The quantitative estimate of drug-likeness (QED) is 0.526. The van der Waals surface area contributed by atoms with E-state index in [1.54, 1.807) is 12.1 Å². The van der Waals surface area contributed by atoms with Gasteiger partial charge in [0.1, 0.15) is 5.69 Å². The van der Waals surface area contributed by atoms with Crippen LogP contribution in [0.15, 0.2) is 42.6 Å². The Morgan fingerprint density at radius 2 is 1.93 bits per heavy atom. The van der Waals surface area contributed by atoms with Gasteiger partial charge in [0.05, 0.1) is 12.7 Å². The molecular formula is C20H24ClN3O4. The van der Waals surface area contributed by atoms with Gasteiger partial charge in [0.25, 0.3) is 11.8 Å². The third-order valence-corrected chi connectivity index (χ3v) is 4.13. The number of benzene rings is 1. The number of pyridine rings is 1. The molecule has 3 N–H and O–H groups in total. The lowest BCUT2D eigenvalue weighted by Gasteiger charge is -2.14. The first kappa shape index (κ1) is 21.8. The Kier molecular flexibility index (Phi) is 8.87. The van der Waals surface area contributed by atoms with E-state index in [2.05, 4.69) is 15.6 Å². The van der Waals surface area contributed by atoms with Crippen LogP contribution in [0.3, 0.4) is 0 Å². The van der Waals surface area contributed by atoms with Crippen molar-refractivity contribution in [2.75, 3.05) is 19.7 Å². The summed E-state index contributed by atoms with van der Waals surface area (Å²) in [5.74, 6) is -0.698. The zero-order valence-electron chi connectivity index (χ0n) is 15.7. The van der Waals surface area contributed by atoms with E-state index in [4.69, 9.17) is 21.4 Å². The molecule has 2 rings (SSSR count). The summed E-state index contributed by atoms with van der Waals surface area (Å²) in [5, 5.41) is 14.8. The normalized spacial score (nSPS) is 11.7. The number of nitrogens with one attached hydrogen (secondary N) is 2. The van der Waals surface area contributed by atoms with E-state index in [-0.39, 0.29) is 30.2 Å². The summed E-state index contributed by atoms with van der Waals surface area (Å²) in [7, 11) is 0. The minimum Gasteiger partial charge on any atom is -0.396 e. The molecule has 28 heavy (non-hydrogen) atoms. The number of hydrogen-bond donors (Lipinski definition) is 3. The number of aromatic nitrogens is 1. The summed E-state index contributed by atoms with van der Waals surface area (Å²) in [6.45, 7) is 2.94. The number of aliphatic hydroxyl groups excluding tert-OH is 1. The van der Waals surface area contributed by atoms with Crippen molar-refractivity contribution >= 4 is 23.4 Å². The summed E-state index contributed by atoms with van der Waals surface area (Å²) >= 11 is 5.85. The predicted octanol–water partition coefficient (Wildman–Crippen LogP) is 2.18. The molecule has 2 amide bonds. The number of halogens is 1. The number of hydrogen-bond acceptors (Lipinski definition) is 5. The highest BCUT2D eigenvalue weighted by molar-refractivity contribution is 6.30. The maximum atomic E-state index is 12.3. The van der Waals surface area contributed by atoms with E-state index >= 15 is 0 Å². The van der Waals surface area contributed by atoms with Gasteiger partial charge in [0.2, 0.25) is 0 Å². The molecule has 1 aromatic carbocycles. The lowest BCUT2D eigenvalue weighted by Crippen LogP contribution is -2.33. The van der Waals surface area contributed by atoms with Crippen molar-refractivity contribution in [3.63, 3.8) is 0 Å². The molecule has 0 aliphatic heterocycles. The number of ether oxygens (including phenoxy) is 1. The molecule has 0 saturated heterocycles. The molecule has 1 aromatic heterocycles. The maximum absolute atomic E-state index is 12.3. The van der Waals surface area contributed by atoms with Gasteiger partial charge < -0.3 is 20.5 Å². The smallest absolute Gasteiger partial charge is 0.269 e. The molecule has 0 aliphatic rings. The van der Waals surface area contributed by atoms with Crippen molar-refractivity contribution in [3.05, 3.63) is 64.4 Å². The standard InChI is InChI=1S/C20H24ClN3O4/c1-14(28-13-15-3-5-17(21)6-4-15)12-24-20(27)18-11-16(7-9-22-18)19(26)23-8-2-10-25/h3-7,9,11,14,25H,2,8,10,12-13H2,1H3,(H,23,26)(H,24,27). The van der Waals surface area contributed by atoms with E-state index in [0.29, 0.717) is 36.7 Å². The highest BCUT2D eigenvalue weighted by Gasteiger charge is 2.13. The molecule has 0 bridgehead atoms. The van der Waals surface area contributed by atoms with Gasteiger partial charge in [-0.15, -0.1) is 0 Å². The molecule has 8 heteroatoms. The van der Waals surface area contributed by atoms with Crippen LogP contribution in [0.25, 0.3) is 0 Å². The Morgan fingerprint density at radius 3 is 2.64 bits per heavy atom. The number of carbonyl (C=O) groups is 2. The fourth-order valence-electron chi connectivity index (χ4n) is 2.28. The van der Waals surface area contributed by atoms with Crippen molar-refractivity contribution in [3.8, 4) is 0 Å². The third kappa shape index (κ3) is 7.26. The number of nitrogens with zero attached hydrogens (tertiary/aromatic N) is 1. The average Bonchev–Trinajstić information content (AvgIpc) is 2.71. The molecule has 0 fully saturated rings. The predicted molar refractivity (Wildman–Crippen MR) is 106 cm³/mol. The second kappa shape index (κ2) is 11.4. The van der Waals surface area contributed by atoms with Gasteiger partial charge in [-0.3, -0.25) is 14.6 Å². The van der Waals surface area contributed by atoms with Crippen LogP contribution in [0.1, 0.15) is 39.8 Å². The number of carbonyl (C=O) groups excluding carboxylic acids is 2. The van der Waals surface area contributed by atoms with E-state index in [1.165, 1.54) is 18.3 Å². The Labute approximate surface area is 169 Å². The van der Waals surface area contributed by atoms with Crippen LogP contribution in [-0.2, 0) is 11.3 Å². The second-order valence-corrected chi connectivity index (χ2v) is 6.66. The van der Waals surface area contributed by atoms with Crippen molar-refractivity contribution in [1.29, 1.82) is 0 Å². The molecule has 1 unspecified atom stereocenters. The Hall–Kier alpha value is -2.48. The Morgan fingerprint density at radius 1 is 1.18 bits per heavy atom. The fraction of sp³-hybridized carbons (Fsp3) is 0.350. The maximum Gasteiger partial charge on any atom is 0.269 e. The molecule has 0 saturated carbocycles. The molecule has 1 atom stereocenters. The average molecular weight is 406 g/mol. The van der Waals surface area contributed by atoms with Crippen LogP contribution in [0.5, 0.6) is 0 Å². The monoisotopic (exact) mass is 405 g/mol. The lowest BCUT2D eigenvalue weighted by atomic mass is 10.2. The van der Waals surface area contributed by atoms with E-state index < -0.39 is 0 Å². The van der Waals surface area contributed by atoms with Gasteiger partial charge >= 0.3 is 0 Å². The van der Waals surface area contributed by atoms with E-state index in [9.17, 15) is 9.59 Å². The minimum atomic E-state index is -0.382. The Balaban J connectivity index is 1.81. The summed E-state index contributed by atoms with van der Waals surface area (Å²) < 4.78 is 5.71. The topological polar surface area (TPSA) is 101 Å². The van der Waals surface area contributed by atoms with Gasteiger partial charge in [0, 0.05) is 36.5 Å². The minimum absolute atomic E-state index is 0.00253. The molecule has 1 heterocycles. The van der Waals surface area contributed by atoms with Crippen molar-refractivity contribution in [1.82, 2.24) is 15.6 Å². The summed E-state index contributed by atoms with van der Waals surface area (Å²) in [6, 6.07) is 10.3. The van der Waals surface area contributed by atoms with Crippen LogP contribution in [-0.4, -0.2) is 47.7 Å². The van der Waals surface area contributed by atoms with Gasteiger partial charge in [0.15, 0.2) is 0 Å². The molecule has 0 spiro atoms. The molecular weight excluding hydrogens is 382 g/mol. The van der Waals surface area contributed by atoms with Gasteiger partial charge in [-0.2, -0.15) is 0 Å². The molecule has 0 aliphatic carbocycles. The van der Waals surface area contributed by atoms with Crippen molar-refractivity contribution in [2.45, 2.75) is 26.1 Å². The van der Waals surface area contributed by atoms with Gasteiger partial charge in [-0.25, -0.2) is 0 Å². The van der Waals surface area contributed by atoms with Crippen molar-refractivity contribution < 1.29 is 19.4 Å². The largest absolute Gasteiger partial charge is 0.396 e. The zero-order valence-corrected chi connectivity index (χ0v) is 16.4. The van der Waals surface area contributed by atoms with Crippen LogP contribution in [0.4, 0.5) is 0 Å². The number of aliphatic hydroxyl groups is 1. The first-order valence-electron chi connectivity index (χ1n) is 8.99. The van der Waals surface area contributed by atoms with E-state index in [1.807, 2.05) is 19.1 Å². The Bertz CT molecular complexity index is 783. The summed E-state index contributed by atoms with van der Waals surface area (Å²) in [6.07, 6.45) is 1.68. The van der Waals surface area contributed by atoms with E-state index in [0.717, 1.165) is 5.56 Å². The number of rotatable bonds is 10. The van der Waals surface area contributed by atoms with Crippen LogP contribution >= 0.6 is 11.6 Å². The molecule has 0 radical (unpaired) electrons. The number of amides is 2. The summed E-state index contributed by atoms with van der Waals surface area (Å²) in [4.78, 5) is 28.3. The van der Waals surface area contributed by atoms with Crippen LogP contribution < -0.4 is 10.6 Å². The second-order valence-electron chi connectivity index (χ2n) is 6.22. The van der Waals surface area contributed by atoms with Crippen LogP contribution in [0, 0.1) is 0 Å². The SMILES string of the molecule is CC(CNC(=O)c1cc(C(=O)NCCCO)ccn1)OCc1ccc(Cl)cc1. The molecule has 2 aromatic rings. The van der Waals surface area contributed by atoms with Gasteiger partial charge in [-0.05, 0) is 43.2 Å². The molecule has 150 valence electrons. The zero-order chi connectivity index (χ0) is 20.4. The first-order chi connectivity index (χ1) is 13.5. The van der Waals surface area contributed by atoms with Gasteiger partial charge in [-0.1, -0.05) is 23.7 Å².